The highest BCUT2D eigenvalue weighted by Gasteiger charge is 2.37. The van der Waals surface area contributed by atoms with Gasteiger partial charge in [-0.15, -0.1) is 0 Å². The summed E-state index contributed by atoms with van der Waals surface area (Å²) < 4.78 is -0.354. The number of piperidine rings is 1. The van der Waals surface area contributed by atoms with Crippen LogP contribution in [0.15, 0.2) is 18.2 Å². The lowest BCUT2D eigenvalue weighted by atomic mass is 9.99. The number of hydroxylamine groups is 3. The third-order valence-corrected chi connectivity index (χ3v) is 4.47. The molecular weight excluding hydrogens is 264 g/mol. The predicted molar refractivity (Wildman–Crippen MR) is 85.8 cm³/mol. The van der Waals surface area contributed by atoms with Crippen LogP contribution in [0.3, 0.4) is 0 Å². The Morgan fingerprint density at radius 1 is 1.33 bits per heavy atom. The highest BCUT2D eigenvalue weighted by molar-refractivity contribution is 5.95. The topological polar surface area (TPSA) is 52.2 Å². The molecule has 1 aliphatic rings. The molecule has 1 fully saturated rings. The van der Waals surface area contributed by atoms with Gasteiger partial charge in [-0.25, -0.2) is 0 Å². The summed E-state index contributed by atoms with van der Waals surface area (Å²) in [4.78, 5) is 12.6. The molecule has 4 nitrogen and oxygen atoms in total. The Labute approximate surface area is 127 Å². The number of para-hydroxylation sites is 1. The molecule has 1 N–H and O–H groups in total. The normalized spacial score (nSPS) is 25.6. The summed E-state index contributed by atoms with van der Waals surface area (Å²) in [5.74, 6) is -0.115. The number of nitrogens with zero attached hydrogens (tertiary/aromatic N) is 1. The number of nitrogens with one attached hydrogen (secondary N) is 1. The Balaban J connectivity index is 2.18. The summed E-state index contributed by atoms with van der Waals surface area (Å²) in [6, 6.07) is 5.48. The van der Waals surface area contributed by atoms with Crippen LogP contribution in [0, 0.1) is 19.1 Å². The first-order chi connectivity index (χ1) is 9.98. The maximum absolute atomic E-state index is 12.9. The van der Waals surface area contributed by atoms with Crippen LogP contribution >= 0.6 is 0 Å². The summed E-state index contributed by atoms with van der Waals surface area (Å²) in [5, 5.41) is 15.9. The fraction of sp³-hybridized carbons (Fsp3) is 0.588. The average molecular weight is 290 g/mol. The first-order valence-electron chi connectivity index (χ1n) is 7.93. The van der Waals surface area contributed by atoms with Crippen molar-refractivity contribution < 1.29 is 9.44 Å². The van der Waals surface area contributed by atoms with Crippen LogP contribution in [0.25, 0.3) is 0 Å². The van der Waals surface area contributed by atoms with E-state index in [4.69, 9.17) is 0 Å². The fourth-order valence-electron chi connectivity index (χ4n) is 3.32. The van der Waals surface area contributed by atoms with Crippen molar-refractivity contribution in [1.82, 2.24) is 0 Å². The summed E-state index contributed by atoms with van der Waals surface area (Å²) in [7, 11) is 0. The molecule has 1 aromatic rings. The molecule has 2 rings (SSSR count). The number of quaternary nitrogens is 1. The van der Waals surface area contributed by atoms with Crippen LogP contribution in [0.4, 0.5) is 5.69 Å². The lowest BCUT2D eigenvalue weighted by Crippen LogP contribution is -2.58. The van der Waals surface area contributed by atoms with Crippen molar-refractivity contribution in [3.63, 3.8) is 0 Å². The van der Waals surface area contributed by atoms with E-state index in [1.807, 2.05) is 39.0 Å². The monoisotopic (exact) mass is 290 g/mol. The van der Waals surface area contributed by atoms with Gasteiger partial charge in [-0.05, 0) is 44.2 Å². The van der Waals surface area contributed by atoms with E-state index < -0.39 is 6.04 Å². The molecule has 0 radical (unpaired) electrons. The molecule has 1 aliphatic heterocycles. The largest absolute Gasteiger partial charge is 0.632 e. The molecule has 0 unspecified atom stereocenters. The molecule has 0 aliphatic carbocycles. The van der Waals surface area contributed by atoms with E-state index in [9.17, 15) is 10.0 Å². The molecule has 0 saturated carbocycles. The minimum Gasteiger partial charge on any atom is -0.632 e. The minimum absolute atomic E-state index is 0.115. The summed E-state index contributed by atoms with van der Waals surface area (Å²) in [5.41, 5.74) is 2.94. The van der Waals surface area contributed by atoms with Crippen molar-refractivity contribution in [1.29, 1.82) is 0 Å². The zero-order valence-electron chi connectivity index (χ0n) is 13.3. The quantitative estimate of drug-likeness (QED) is 0.681. The van der Waals surface area contributed by atoms with E-state index in [1.165, 1.54) is 0 Å². The van der Waals surface area contributed by atoms with E-state index in [0.29, 0.717) is 19.5 Å². The van der Waals surface area contributed by atoms with E-state index in [-0.39, 0.29) is 10.6 Å². The number of benzene rings is 1. The Hall–Kier alpha value is -1.39. The van der Waals surface area contributed by atoms with Gasteiger partial charge in [0.1, 0.15) is 0 Å². The van der Waals surface area contributed by atoms with E-state index in [0.717, 1.165) is 36.1 Å². The Kier molecular flexibility index (Phi) is 5.01. The third-order valence-electron chi connectivity index (χ3n) is 4.47. The Bertz CT molecular complexity index is 491. The second-order valence-corrected chi connectivity index (χ2v) is 6.17. The highest BCUT2D eigenvalue weighted by Crippen LogP contribution is 2.27. The van der Waals surface area contributed by atoms with Crippen LogP contribution in [0.5, 0.6) is 0 Å². The maximum Gasteiger partial charge on any atom is 0.283 e. The lowest BCUT2D eigenvalue weighted by molar-refractivity contribution is -0.901. The first-order valence-corrected chi connectivity index (χ1v) is 7.93. The molecule has 1 heterocycles. The van der Waals surface area contributed by atoms with Gasteiger partial charge in [-0.3, -0.25) is 4.79 Å². The van der Waals surface area contributed by atoms with Crippen LogP contribution in [-0.4, -0.2) is 29.7 Å². The van der Waals surface area contributed by atoms with E-state index >= 15 is 0 Å². The number of carbonyl (C=O) groups is 1. The molecule has 4 heteroatoms. The Morgan fingerprint density at radius 3 is 2.62 bits per heavy atom. The van der Waals surface area contributed by atoms with Crippen molar-refractivity contribution >= 4 is 11.6 Å². The van der Waals surface area contributed by atoms with Crippen LogP contribution < -0.4 is 5.32 Å². The smallest absolute Gasteiger partial charge is 0.283 e. The molecule has 116 valence electrons. The summed E-state index contributed by atoms with van der Waals surface area (Å²) in [6.45, 7) is 7.07. The van der Waals surface area contributed by atoms with Crippen molar-refractivity contribution in [2.24, 2.45) is 0 Å². The van der Waals surface area contributed by atoms with E-state index in [1.54, 1.807) is 0 Å². The van der Waals surface area contributed by atoms with Crippen molar-refractivity contribution in [2.45, 2.75) is 52.5 Å². The number of aryl methyl sites for hydroxylation is 2. The van der Waals surface area contributed by atoms with Gasteiger partial charge >= 0.3 is 0 Å². The van der Waals surface area contributed by atoms with Gasteiger partial charge in [0.25, 0.3) is 5.91 Å². The summed E-state index contributed by atoms with van der Waals surface area (Å²) >= 11 is 0. The van der Waals surface area contributed by atoms with Gasteiger partial charge in [0.05, 0.1) is 13.1 Å². The summed E-state index contributed by atoms with van der Waals surface area (Å²) in [6.07, 6.45) is 3.41. The molecule has 0 bridgehead atoms. The number of amides is 1. The van der Waals surface area contributed by atoms with Gasteiger partial charge in [0.2, 0.25) is 0 Å². The van der Waals surface area contributed by atoms with Gasteiger partial charge in [0, 0.05) is 12.1 Å². The van der Waals surface area contributed by atoms with Crippen molar-refractivity contribution in [3.05, 3.63) is 34.5 Å². The van der Waals surface area contributed by atoms with Gasteiger partial charge in [-0.2, -0.15) is 0 Å². The number of hydrogen-bond acceptors (Lipinski definition) is 2. The minimum atomic E-state index is -0.460. The lowest BCUT2D eigenvalue weighted by Gasteiger charge is -2.50. The van der Waals surface area contributed by atoms with Crippen molar-refractivity contribution in [3.8, 4) is 0 Å². The number of carbonyl (C=O) groups excluding carboxylic acids is 1. The number of rotatable bonds is 4. The van der Waals surface area contributed by atoms with Crippen molar-refractivity contribution in [2.75, 3.05) is 18.4 Å². The average Bonchev–Trinajstić information content (AvgIpc) is 2.43. The fourth-order valence-corrected chi connectivity index (χ4v) is 3.32. The predicted octanol–water partition coefficient (Wildman–Crippen LogP) is 3.52. The zero-order chi connectivity index (χ0) is 15.5. The molecular formula is C17H26N2O2. The number of hydrogen-bond donors (Lipinski definition) is 1. The van der Waals surface area contributed by atoms with Gasteiger partial charge < -0.3 is 15.2 Å². The second-order valence-electron chi connectivity index (χ2n) is 6.17. The van der Waals surface area contributed by atoms with Crippen LogP contribution in [0.2, 0.25) is 0 Å². The molecule has 2 atom stereocenters. The number of anilines is 1. The number of likely N-dealkylation sites (tertiary alicyclic amines) is 1. The van der Waals surface area contributed by atoms with E-state index in [2.05, 4.69) is 5.32 Å². The molecule has 1 saturated heterocycles. The Morgan fingerprint density at radius 2 is 2.00 bits per heavy atom. The molecule has 21 heavy (non-hydrogen) atoms. The molecule has 0 spiro atoms. The molecule has 1 aromatic carbocycles. The van der Waals surface area contributed by atoms with Gasteiger partial charge in [-0.1, -0.05) is 25.1 Å². The molecule has 0 aromatic heterocycles. The zero-order valence-corrected chi connectivity index (χ0v) is 13.3. The highest BCUT2D eigenvalue weighted by atomic mass is 16.5. The standard InChI is InChI=1S/C17H26N2O2/c1-4-11-19(21)12-6-5-10-15(19)17(20)18-16-13(2)8-7-9-14(16)3/h7-9,15H,4-6,10-12H2,1-3H3,(H,18,20)/t15-,19-/m0/s1. The maximum atomic E-state index is 12.9. The SMILES string of the molecule is CCC[N@+]1([O-])CCCC[C@H]1C(=O)Nc1c(C)cccc1C. The van der Waals surface area contributed by atoms with Crippen LogP contribution in [-0.2, 0) is 4.79 Å². The first kappa shape index (κ1) is 16.0. The van der Waals surface area contributed by atoms with Gasteiger partial charge in [0.15, 0.2) is 6.04 Å². The molecule has 1 amide bonds. The van der Waals surface area contributed by atoms with Crippen LogP contribution in [0.1, 0.15) is 43.7 Å². The third kappa shape index (κ3) is 3.44. The second kappa shape index (κ2) is 6.58.